The van der Waals surface area contributed by atoms with Gasteiger partial charge in [0, 0.05) is 31.6 Å². The summed E-state index contributed by atoms with van der Waals surface area (Å²) >= 11 is 0. The molecule has 0 aliphatic carbocycles. The number of methoxy groups -OCH3 is 2. The summed E-state index contributed by atoms with van der Waals surface area (Å²) in [6, 6.07) is 5.49. The van der Waals surface area contributed by atoms with Crippen molar-refractivity contribution in [2.75, 3.05) is 37.9 Å². The van der Waals surface area contributed by atoms with E-state index >= 15 is 0 Å². The Hall–Kier alpha value is -1.75. The summed E-state index contributed by atoms with van der Waals surface area (Å²) in [5, 5.41) is 0. The number of anilines is 2. The average Bonchev–Trinajstić information content (AvgIpc) is 2.47. The second-order valence-corrected chi connectivity index (χ2v) is 4.69. The zero-order chi connectivity index (χ0) is 13.8. The van der Waals surface area contributed by atoms with Crippen LogP contribution in [0.1, 0.15) is 23.2 Å². The monoisotopic (exact) mass is 264 g/mol. The lowest BCUT2D eigenvalue weighted by atomic mass is 10.1. The van der Waals surface area contributed by atoms with Gasteiger partial charge in [-0.15, -0.1) is 0 Å². The van der Waals surface area contributed by atoms with E-state index in [9.17, 15) is 4.79 Å². The van der Waals surface area contributed by atoms with Crippen LogP contribution in [0.15, 0.2) is 18.2 Å². The van der Waals surface area contributed by atoms with Crippen LogP contribution in [-0.4, -0.2) is 39.4 Å². The molecule has 0 radical (unpaired) electrons. The summed E-state index contributed by atoms with van der Waals surface area (Å²) in [5.74, 6) is -0.397. The van der Waals surface area contributed by atoms with Gasteiger partial charge in [0.05, 0.1) is 18.8 Å². The maximum Gasteiger partial charge on any atom is 0.340 e. The van der Waals surface area contributed by atoms with E-state index in [0.29, 0.717) is 17.4 Å². The van der Waals surface area contributed by atoms with Crippen LogP contribution < -0.4 is 10.6 Å². The highest BCUT2D eigenvalue weighted by molar-refractivity contribution is 5.96. The Bertz CT molecular complexity index is 454. The van der Waals surface area contributed by atoms with Crippen molar-refractivity contribution in [2.24, 2.45) is 0 Å². The minimum atomic E-state index is -0.397. The molecule has 1 aliphatic rings. The number of ether oxygens (including phenoxy) is 2. The molecule has 1 heterocycles. The molecule has 1 fully saturated rings. The van der Waals surface area contributed by atoms with Crippen LogP contribution in [-0.2, 0) is 9.47 Å². The largest absolute Gasteiger partial charge is 0.465 e. The smallest absolute Gasteiger partial charge is 0.340 e. The number of esters is 1. The van der Waals surface area contributed by atoms with Crippen LogP contribution in [0.25, 0.3) is 0 Å². The van der Waals surface area contributed by atoms with Gasteiger partial charge in [-0.3, -0.25) is 0 Å². The Morgan fingerprint density at radius 1 is 1.32 bits per heavy atom. The molecule has 0 unspecified atom stereocenters. The Kier molecular flexibility index (Phi) is 4.27. The third kappa shape index (κ3) is 2.98. The molecule has 0 spiro atoms. The van der Waals surface area contributed by atoms with E-state index in [1.165, 1.54) is 7.11 Å². The molecule has 5 heteroatoms. The van der Waals surface area contributed by atoms with Crippen molar-refractivity contribution in [3.8, 4) is 0 Å². The van der Waals surface area contributed by atoms with Crippen molar-refractivity contribution in [2.45, 2.75) is 18.9 Å². The third-order valence-electron chi connectivity index (χ3n) is 3.58. The van der Waals surface area contributed by atoms with Gasteiger partial charge >= 0.3 is 5.97 Å². The number of nitrogens with zero attached hydrogens (tertiary/aromatic N) is 1. The number of carbonyl (C=O) groups is 1. The molecule has 104 valence electrons. The molecule has 5 nitrogen and oxygen atoms in total. The van der Waals surface area contributed by atoms with Crippen LogP contribution >= 0.6 is 0 Å². The Labute approximate surface area is 113 Å². The predicted octanol–water partition coefficient (Wildman–Crippen LogP) is 1.67. The van der Waals surface area contributed by atoms with Gasteiger partial charge < -0.3 is 20.1 Å². The molecule has 2 rings (SSSR count). The lowest BCUT2D eigenvalue weighted by molar-refractivity contribution is 0.0601. The molecule has 1 aromatic carbocycles. The van der Waals surface area contributed by atoms with Crippen molar-refractivity contribution < 1.29 is 14.3 Å². The van der Waals surface area contributed by atoms with Crippen LogP contribution in [0.4, 0.5) is 11.4 Å². The van der Waals surface area contributed by atoms with E-state index in [2.05, 4.69) is 4.90 Å². The summed E-state index contributed by atoms with van der Waals surface area (Å²) in [4.78, 5) is 13.9. The van der Waals surface area contributed by atoms with Crippen LogP contribution in [0.5, 0.6) is 0 Å². The number of rotatable bonds is 3. The second-order valence-electron chi connectivity index (χ2n) is 4.69. The minimum Gasteiger partial charge on any atom is -0.465 e. The first kappa shape index (κ1) is 13.7. The van der Waals surface area contributed by atoms with Gasteiger partial charge in [0.25, 0.3) is 0 Å². The second kappa shape index (κ2) is 5.93. The van der Waals surface area contributed by atoms with E-state index in [1.807, 2.05) is 6.07 Å². The highest BCUT2D eigenvalue weighted by Gasteiger charge is 2.20. The molecule has 0 bridgehead atoms. The van der Waals surface area contributed by atoms with E-state index in [1.54, 1.807) is 19.2 Å². The van der Waals surface area contributed by atoms with Gasteiger partial charge in [0.1, 0.15) is 0 Å². The predicted molar refractivity (Wildman–Crippen MR) is 74.4 cm³/mol. The van der Waals surface area contributed by atoms with Crippen molar-refractivity contribution in [1.29, 1.82) is 0 Å². The molecule has 1 saturated heterocycles. The Morgan fingerprint density at radius 3 is 2.58 bits per heavy atom. The maximum atomic E-state index is 11.6. The number of nitrogens with two attached hydrogens (primary N) is 1. The molecule has 19 heavy (non-hydrogen) atoms. The molecule has 1 aromatic rings. The van der Waals surface area contributed by atoms with Gasteiger partial charge in [-0.1, -0.05) is 0 Å². The Morgan fingerprint density at radius 2 is 2.00 bits per heavy atom. The van der Waals surface area contributed by atoms with Crippen LogP contribution in [0.2, 0.25) is 0 Å². The van der Waals surface area contributed by atoms with Gasteiger partial charge in [-0.25, -0.2) is 4.79 Å². The quantitative estimate of drug-likeness (QED) is 0.664. The lowest BCUT2D eigenvalue weighted by Gasteiger charge is -2.33. The topological polar surface area (TPSA) is 64.8 Å². The van der Waals surface area contributed by atoms with Crippen LogP contribution in [0.3, 0.4) is 0 Å². The Balaban J connectivity index is 2.15. The summed E-state index contributed by atoms with van der Waals surface area (Å²) in [6.45, 7) is 1.84. The average molecular weight is 264 g/mol. The number of benzene rings is 1. The standard InChI is InChI=1S/C14H20N2O3/c1-18-11-5-7-16(8-6-11)10-3-4-13(15)12(9-10)14(17)19-2/h3-4,9,11H,5-8,15H2,1-2H3. The SMILES string of the molecule is COC(=O)c1cc(N2CCC(OC)CC2)ccc1N. The zero-order valence-electron chi connectivity index (χ0n) is 11.4. The first-order chi connectivity index (χ1) is 9.15. The number of piperidine rings is 1. The molecule has 0 aromatic heterocycles. The molecule has 2 N–H and O–H groups in total. The van der Waals surface area contributed by atoms with E-state index in [4.69, 9.17) is 15.2 Å². The van der Waals surface area contributed by atoms with Crippen LogP contribution in [0, 0.1) is 0 Å². The van der Waals surface area contributed by atoms with Gasteiger partial charge in [-0.2, -0.15) is 0 Å². The molecule has 1 aliphatic heterocycles. The maximum absolute atomic E-state index is 11.6. The fourth-order valence-corrected chi connectivity index (χ4v) is 2.38. The summed E-state index contributed by atoms with van der Waals surface area (Å²) < 4.78 is 10.1. The fraction of sp³-hybridized carbons (Fsp3) is 0.500. The lowest BCUT2D eigenvalue weighted by Crippen LogP contribution is -2.36. The number of nitrogen functional groups attached to an aromatic ring is 1. The van der Waals surface area contributed by atoms with Crippen molar-refractivity contribution in [1.82, 2.24) is 0 Å². The molecule has 0 atom stereocenters. The van der Waals surface area contributed by atoms with E-state index < -0.39 is 5.97 Å². The summed E-state index contributed by atoms with van der Waals surface area (Å²) in [7, 11) is 3.11. The first-order valence-electron chi connectivity index (χ1n) is 6.41. The highest BCUT2D eigenvalue weighted by Crippen LogP contribution is 2.25. The van der Waals surface area contributed by atoms with Gasteiger partial charge in [0.2, 0.25) is 0 Å². The molecular formula is C14H20N2O3. The summed E-state index contributed by atoms with van der Waals surface area (Å²) in [5.41, 5.74) is 7.68. The van der Waals surface area contributed by atoms with Crippen molar-refractivity contribution in [3.05, 3.63) is 23.8 Å². The number of hydrogen-bond acceptors (Lipinski definition) is 5. The zero-order valence-corrected chi connectivity index (χ0v) is 11.4. The first-order valence-corrected chi connectivity index (χ1v) is 6.41. The van der Waals surface area contributed by atoms with Gasteiger partial charge in [-0.05, 0) is 31.0 Å². The summed E-state index contributed by atoms with van der Waals surface area (Å²) in [6.07, 6.45) is 2.33. The molecule has 0 saturated carbocycles. The molecule has 0 amide bonds. The number of carbonyl (C=O) groups excluding carboxylic acids is 1. The normalized spacial score (nSPS) is 16.4. The molecular weight excluding hydrogens is 244 g/mol. The fourth-order valence-electron chi connectivity index (χ4n) is 2.38. The number of hydrogen-bond donors (Lipinski definition) is 1. The van der Waals surface area contributed by atoms with Crippen molar-refractivity contribution >= 4 is 17.3 Å². The van der Waals surface area contributed by atoms with Crippen molar-refractivity contribution in [3.63, 3.8) is 0 Å². The van der Waals surface area contributed by atoms with E-state index in [-0.39, 0.29) is 0 Å². The van der Waals surface area contributed by atoms with E-state index in [0.717, 1.165) is 31.6 Å². The third-order valence-corrected chi connectivity index (χ3v) is 3.58. The van der Waals surface area contributed by atoms with Gasteiger partial charge in [0.15, 0.2) is 0 Å². The minimum absolute atomic E-state index is 0.338. The highest BCUT2D eigenvalue weighted by atomic mass is 16.5.